The third-order valence-electron chi connectivity index (χ3n) is 0.614. The predicted molar refractivity (Wildman–Crippen MR) is 29.7 cm³/mol. The normalized spacial score (nSPS) is 14.6. The minimum absolute atomic E-state index is 0.982. The van der Waals surface area contributed by atoms with Crippen LogP contribution in [0.1, 0.15) is 6.92 Å². The van der Waals surface area contributed by atoms with Crippen molar-refractivity contribution in [3.8, 4) is 0 Å². The van der Waals surface area contributed by atoms with Gasteiger partial charge in [0.1, 0.15) is 0 Å². The van der Waals surface area contributed by atoms with Gasteiger partial charge in [-0.05, 0) is 6.92 Å². The van der Waals surface area contributed by atoms with Gasteiger partial charge < -0.3 is 5.11 Å². The van der Waals surface area contributed by atoms with Gasteiger partial charge in [-0.1, -0.05) is 0 Å². The van der Waals surface area contributed by atoms with Gasteiger partial charge in [0.25, 0.3) is 0 Å². The Kier molecular flexibility index (Phi) is 2.76. The van der Waals surface area contributed by atoms with Crippen LogP contribution in [0.5, 0.6) is 0 Å². The molecule has 0 aliphatic heterocycles. The highest BCUT2D eigenvalue weighted by Gasteiger charge is 2.18. The molecule has 6 nitrogen and oxygen atoms in total. The molecule has 1 atom stereocenters. The molecular formula is C3H6O6S. The van der Waals surface area contributed by atoms with Crippen molar-refractivity contribution in [3.63, 3.8) is 0 Å². The van der Waals surface area contributed by atoms with Gasteiger partial charge in [0.2, 0.25) is 0 Å². The number of hydrogen-bond donors (Lipinski definition) is 2. The minimum Gasteiger partial charge on any atom is -0.479 e. The van der Waals surface area contributed by atoms with Crippen LogP contribution in [0.25, 0.3) is 0 Å². The summed E-state index contributed by atoms with van der Waals surface area (Å²) in [5.41, 5.74) is 0. The molecule has 0 aromatic carbocycles. The number of hydrogen-bond acceptors (Lipinski definition) is 4. The van der Waals surface area contributed by atoms with Crippen molar-refractivity contribution >= 4 is 16.4 Å². The fourth-order valence-electron chi connectivity index (χ4n) is 0.224. The second kappa shape index (κ2) is 2.95. The molecule has 0 amide bonds. The van der Waals surface area contributed by atoms with E-state index in [0.29, 0.717) is 0 Å². The molecule has 7 heteroatoms. The second-order valence-corrected chi connectivity index (χ2v) is 2.55. The first-order chi connectivity index (χ1) is 4.33. The Bertz CT molecular complexity index is 215. The van der Waals surface area contributed by atoms with E-state index < -0.39 is 22.5 Å². The lowest BCUT2D eigenvalue weighted by Crippen LogP contribution is -2.23. The molecule has 0 unspecified atom stereocenters. The highest BCUT2D eigenvalue weighted by Crippen LogP contribution is 1.95. The van der Waals surface area contributed by atoms with E-state index in [2.05, 4.69) is 4.18 Å². The lowest BCUT2D eigenvalue weighted by Gasteiger charge is -2.02. The van der Waals surface area contributed by atoms with Crippen molar-refractivity contribution in [1.29, 1.82) is 0 Å². The average Bonchev–Trinajstić information content (AvgIpc) is 1.60. The van der Waals surface area contributed by atoms with E-state index in [0.717, 1.165) is 6.92 Å². The summed E-state index contributed by atoms with van der Waals surface area (Å²) in [6.07, 6.45) is -1.56. The molecule has 0 aliphatic carbocycles. The molecule has 0 spiro atoms. The molecule has 2 N–H and O–H groups in total. The molecule has 0 aromatic rings. The van der Waals surface area contributed by atoms with Crippen LogP contribution in [-0.2, 0) is 19.4 Å². The summed E-state index contributed by atoms with van der Waals surface area (Å²) in [5, 5.41) is 8.04. The van der Waals surface area contributed by atoms with Crippen LogP contribution in [0.4, 0.5) is 0 Å². The topological polar surface area (TPSA) is 101 Å². The van der Waals surface area contributed by atoms with Gasteiger partial charge in [0.05, 0.1) is 0 Å². The van der Waals surface area contributed by atoms with Gasteiger partial charge in [-0.15, -0.1) is 0 Å². The van der Waals surface area contributed by atoms with Crippen LogP contribution in [-0.4, -0.2) is 30.2 Å². The number of carboxylic acid groups (broad SMARTS) is 1. The fraction of sp³-hybridized carbons (Fsp3) is 0.667. The highest BCUT2D eigenvalue weighted by molar-refractivity contribution is 7.80. The highest BCUT2D eigenvalue weighted by atomic mass is 32.3. The van der Waals surface area contributed by atoms with E-state index in [4.69, 9.17) is 9.66 Å². The molecule has 0 rings (SSSR count). The first kappa shape index (κ1) is 9.34. The minimum atomic E-state index is -4.65. The Morgan fingerprint density at radius 3 is 2.10 bits per heavy atom. The Morgan fingerprint density at radius 1 is 1.60 bits per heavy atom. The number of rotatable bonds is 3. The standard InChI is InChI=1S/C3H6O6S/c1-2(3(4)5)9-10(6,7)8/h2H,1H3,(H,4,5)(H,6,7,8)/t2-/m1/s1. The molecule has 60 valence electrons. The summed E-state index contributed by atoms with van der Waals surface area (Å²) in [5.74, 6) is -1.46. The monoisotopic (exact) mass is 170 g/mol. The van der Waals surface area contributed by atoms with E-state index in [1.54, 1.807) is 0 Å². The van der Waals surface area contributed by atoms with Crippen LogP contribution in [0.3, 0.4) is 0 Å². The SMILES string of the molecule is C[C@@H](OS(=O)(=O)O)C(=O)O. The van der Waals surface area contributed by atoms with Crippen molar-refractivity contribution < 1.29 is 27.1 Å². The first-order valence-electron chi connectivity index (χ1n) is 2.21. The third-order valence-corrected chi connectivity index (χ3v) is 1.15. The smallest absolute Gasteiger partial charge is 0.398 e. The zero-order valence-corrected chi connectivity index (χ0v) is 5.83. The summed E-state index contributed by atoms with van der Waals surface area (Å²) < 4.78 is 31.2. The zero-order chi connectivity index (χ0) is 8.36. The molecule has 0 fully saturated rings. The van der Waals surface area contributed by atoms with Crippen molar-refractivity contribution in [1.82, 2.24) is 0 Å². The molecule has 0 saturated carbocycles. The molecule has 0 aromatic heterocycles. The maximum Gasteiger partial charge on any atom is 0.398 e. The van der Waals surface area contributed by atoms with Crippen LogP contribution in [0.15, 0.2) is 0 Å². The number of carbonyl (C=O) groups is 1. The van der Waals surface area contributed by atoms with Crippen LogP contribution >= 0.6 is 0 Å². The Balaban J connectivity index is 4.06. The van der Waals surface area contributed by atoms with Crippen LogP contribution in [0.2, 0.25) is 0 Å². The van der Waals surface area contributed by atoms with Crippen molar-refractivity contribution in [2.45, 2.75) is 13.0 Å². The van der Waals surface area contributed by atoms with Gasteiger partial charge in [0, 0.05) is 0 Å². The summed E-state index contributed by atoms with van der Waals surface area (Å²) in [7, 11) is -4.65. The van der Waals surface area contributed by atoms with E-state index in [9.17, 15) is 13.2 Å². The van der Waals surface area contributed by atoms with Crippen LogP contribution in [0, 0.1) is 0 Å². The molecule has 10 heavy (non-hydrogen) atoms. The summed E-state index contributed by atoms with van der Waals surface area (Å²) >= 11 is 0. The largest absolute Gasteiger partial charge is 0.479 e. The van der Waals surface area contributed by atoms with Crippen molar-refractivity contribution in [2.75, 3.05) is 0 Å². The molecule has 0 saturated heterocycles. The van der Waals surface area contributed by atoms with E-state index >= 15 is 0 Å². The van der Waals surface area contributed by atoms with Crippen LogP contribution < -0.4 is 0 Å². The van der Waals surface area contributed by atoms with Crippen molar-refractivity contribution in [2.24, 2.45) is 0 Å². The zero-order valence-electron chi connectivity index (χ0n) is 5.01. The van der Waals surface area contributed by atoms with Gasteiger partial charge >= 0.3 is 16.4 Å². The van der Waals surface area contributed by atoms with Gasteiger partial charge in [-0.25, -0.2) is 8.98 Å². The van der Waals surface area contributed by atoms with E-state index in [-0.39, 0.29) is 0 Å². The summed E-state index contributed by atoms with van der Waals surface area (Å²) in [6.45, 7) is 0.982. The van der Waals surface area contributed by atoms with Gasteiger partial charge in [-0.3, -0.25) is 4.55 Å². The summed E-state index contributed by atoms with van der Waals surface area (Å²) in [6, 6.07) is 0. The Morgan fingerprint density at radius 2 is 2.00 bits per heavy atom. The van der Waals surface area contributed by atoms with Gasteiger partial charge in [0.15, 0.2) is 6.10 Å². The Hall–Kier alpha value is -0.660. The molecule has 0 aliphatic rings. The van der Waals surface area contributed by atoms with Gasteiger partial charge in [-0.2, -0.15) is 8.42 Å². The van der Waals surface area contributed by atoms with Crippen molar-refractivity contribution in [3.05, 3.63) is 0 Å². The molecule has 0 bridgehead atoms. The molecular weight excluding hydrogens is 164 g/mol. The molecule has 0 radical (unpaired) electrons. The maximum atomic E-state index is 9.88. The lowest BCUT2D eigenvalue weighted by molar-refractivity contribution is -0.144. The lowest BCUT2D eigenvalue weighted by atomic mass is 10.4. The number of aliphatic carboxylic acids is 1. The van der Waals surface area contributed by atoms with E-state index in [1.807, 2.05) is 0 Å². The van der Waals surface area contributed by atoms with E-state index in [1.165, 1.54) is 0 Å². The fourth-order valence-corrected chi connectivity index (χ4v) is 0.671. The summed E-state index contributed by atoms with van der Waals surface area (Å²) in [4.78, 5) is 9.88. The average molecular weight is 170 g/mol. The Labute approximate surface area is 57.4 Å². The second-order valence-electron chi connectivity index (χ2n) is 1.50. The quantitative estimate of drug-likeness (QED) is 0.542. The molecule has 0 heterocycles. The predicted octanol–water partition coefficient (Wildman–Crippen LogP) is -0.721. The first-order valence-corrected chi connectivity index (χ1v) is 3.58. The third kappa shape index (κ3) is 4.24. The number of carboxylic acids is 1. The maximum absolute atomic E-state index is 9.88.